The molecule has 1 fully saturated rings. The van der Waals surface area contributed by atoms with E-state index in [0.717, 1.165) is 18.7 Å². The first-order valence-corrected chi connectivity index (χ1v) is 6.89. The summed E-state index contributed by atoms with van der Waals surface area (Å²) in [4.78, 5) is 19.4. The van der Waals surface area contributed by atoms with Gasteiger partial charge in [-0.1, -0.05) is 6.42 Å². The third kappa shape index (κ3) is 2.91. The fraction of sp³-hybridized carbons (Fsp3) is 0.429. The van der Waals surface area contributed by atoms with Gasteiger partial charge in [0.1, 0.15) is 0 Å². The van der Waals surface area contributed by atoms with Crippen LogP contribution in [0.3, 0.4) is 0 Å². The fourth-order valence-electron chi connectivity index (χ4n) is 2.55. The highest BCUT2D eigenvalue weighted by Gasteiger charge is 2.22. The van der Waals surface area contributed by atoms with Gasteiger partial charge in [0.05, 0.1) is 17.9 Å². The van der Waals surface area contributed by atoms with E-state index in [9.17, 15) is 0 Å². The maximum Gasteiger partial charge on any atom is 0.228 e. The van der Waals surface area contributed by atoms with Crippen molar-refractivity contribution in [3.63, 3.8) is 0 Å². The Bertz CT molecular complexity index is 559. The Labute approximate surface area is 118 Å². The molecule has 2 aromatic rings. The summed E-state index contributed by atoms with van der Waals surface area (Å²) in [6, 6.07) is 2.38. The summed E-state index contributed by atoms with van der Waals surface area (Å²) in [7, 11) is 2.15. The summed E-state index contributed by atoms with van der Waals surface area (Å²) in [6.45, 7) is 1.13. The molecular weight excluding hydrogens is 252 g/mol. The van der Waals surface area contributed by atoms with Gasteiger partial charge in [0, 0.05) is 18.6 Å². The zero-order valence-electron chi connectivity index (χ0n) is 11.5. The molecule has 3 rings (SSSR count). The highest BCUT2D eigenvalue weighted by Crippen LogP contribution is 2.28. The van der Waals surface area contributed by atoms with Gasteiger partial charge in [0.15, 0.2) is 5.82 Å². The molecule has 1 atom stereocenters. The van der Waals surface area contributed by atoms with E-state index in [-0.39, 0.29) is 0 Å². The largest absolute Gasteiger partial charge is 0.307 e. The van der Waals surface area contributed by atoms with Crippen LogP contribution >= 0.6 is 0 Å². The minimum Gasteiger partial charge on any atom is -0.307 e. The Morgan fingerprint density at radius 1 is 1.20 bits per heavy atom. The molecule has 0 unspecified atom stereocenters. The van der Waals surface area contributed by atoms with Gasteiger partial charge in [-0.3, -0.25) is 9.88 Å². The average Bonchev–Trinajstić information content (AvgIpc) is 2.49. The third-order valence-electron chi connectivity index (χ3n) is 3.59. The van der Waals surface area contributed by atoms with Gasteiger partial charge in [-0.15, -0.1) is 0 Å². The number of hydrogen-bond acceptors (Lipinski definition) is 6. The quantitative estimate of drug-likeness (QED) is 0.922. The van der Waals surface area contributed by atoms with E-state index in [4.69, 9.17) is 0 Å². The molecule has 0 saturated carbocycles. The van der Waals surface area contributed by atoms with Gasteiger partial charge in [-0.2, -0.15) is 0 Å². The van der Waals surface area contributed by atoms with E-state index in [1.54, 1.807) is 24.8 Å². The maximum atomic E-state index is 4.61. The topological polar surface area (TPSA) is 66.8 Å². The van der Waals surface area contributed by atoms with E-state index in [2.05, 4.69) is 37.2 Å². The maximum absolute atomic E-state index is 4.61. The van der Waals surface area contributed by atoms with Crippen LogP contribution < -0.4 is 5.32 Å². The molecule has 1 aliphatic rings. The van der Waals surface area contributed by atoms with Crippen LogP contribution in [-0.4, -0.2) is 38.4 Å². The van der Waals surface area contributed by atoms with Crippen molar-refractivity contribution in [1.82, 2.24) is 24.8 Å². The van der Waals surface area contributed by atoms with Crippen LogP contribution in [0.1, 0.15) is 31.0 Å². The van der Waals surface area contributed by atoms with Gasteiger partial charge >= 0.3 is 0 Å². The minimum absolute atomic E-state index is 0.383. The van der Waals surface area contributed by atoms with E-state index in [1.807, 2.05) is 6.07 Å². The van der Waals surface area contributed by atoms with Crippen molar-refractivity contribution in [3.8, 4) is 0 Å². The SMILES string of the molecule is CN1CCCC[C@H]1c1ccnc(Nc2cnccn2)n1. The minimum atomic E-state index is 0.383. The number of nitrogens with zero attached hydrogens (tertiary/aromatic N) is 5. The first kappa shape index (κ1) is 12.9. The molecule has 104 valence electrons. The van der Waals surface area contributed by atoms with Crippen molar-refractivity contribution in [3.05, 3.63) is 36.5 Å². The Balaban J connectivity index is 1.79. The molecule has 0 aliphatic carbocycles. The molecule has 0 amide bonds. The normalized spacial score (nSPS) is 19.8. The molecule has 0 bridgehead atoms. The summed E-state index contributed by atoms with van der Waals surface area (Å²) in [5.41, 5.74) is 1.06. The van der Waals surface area contributed by atoms with Gasteiger partial charge in [0.2, 0.25) is 5.95 Å². The average molecular weight is 270 g/mol. The smallest absolute Gasteiger partial charge is 0.228 e. The predicted octanol–water partition coefficient (Wildman–Crippen LogP) is 2.17. The summed E-state index contributed by atoms with van der Waals surface area (Å²) in [5, 5.41) is 3.08. The molecule has 3 heterocycles. The highest BCUT2D eigenvalue weighted by molar-refractivity contribution is 5.45. The predicted molar refractivity (Wildman–Crippen MR) is 76.6 cm³/mol. The van der Waals surface area contributed by atoms with Crippen molar-refractivity contribution >= 4 is 11.8 Å². The first-order chi connectivity index (χ1) is 9.83. The lowest BCUT2D eigenvalue weighted by atomic mass is 10.00. The summed E-state index contributed by atoms with van der Waals surface area (Å²) in [5.74, 6) is 1.23. The zero-order chi connectivity index (χ0) is 13.8. The van der Waals surface area contributed by atoms with Crippen LogP contribution in [0.5, 0.6) is 0 Å². The molecule has 6 heteroatoms. The zero-order valence-corrected chi connectivity index (χ0v) is 11.5. The molecular formula is C14H18N6. The monoisotopic (exact) mass is 270 g/mol. The van der Waals surface area contributed by atoms with Crippen molar-refractivity contribution in [1.29, 1.82) is 0 Å². The number of rotatable bonds is 3. The molecule has 0 aromatic carbocycles. The van der Waals surface area contributed by atoms with Crippen molar-refractivity contribution in [2.75, 3.05) is 18.9 Å². The first-order valence-electron chi connectivity index (χ1n) is 6.89. The molecule has 1 N–H and O–H groups in total. The molecule has 0 spiro atoms. The number of piperidine rings is 1. The van der Waals surface area contributed by atoms with Crippen LogP contribution in [0.2, 0.25) is 0 Å². The molecule has 6 nitrogen and oxygen atoms in total. The number of anilines is 2. The number of nitrogens with one attached hydrogen (secondary N) is 1. The second-order valence-corrected chi connectivity index (χ2v) is 5.01. The number of aromatic nitrogens is 4. The standard InChI is InChI=1S/C14H18N6/c1-20-9-3-2-4-12(20)11-5-6-17-14(18-11)19-13-10-15-7-8-16-13/h5-8,10,12H,2-4,9H2,1H3,(H,16,17,18,19)/t12-/m0/s1. The highest BCUT2D eigenvalue weighted by atomic mass is 15.2. The lowest BCUT2D eigenvalue weighted by molar-refractivity contribution is 0.183. The van der Waals surface area contributed by atoms with Crippen molar-refractivity contribution < 1.29 is 0 Å². The molecule has 0 radical (unpaired) electrons. The summed E-state index contributed by atoms with van der Waals surface area (Å²) < 4.78 is 0. The Kier molecular flexibility index (Phi) is 3.83. The van der Waals surface area contributed by atoms with Crippen LogP contribution in [0, 0.1) is 0 Å². The Morgan fingerprint density at radius 2 is 2.15 bits per heavy atom. The molecule has 2 aromatic heterocycles. The van der Waals surface area contributed by atoms with E-state index in [1.165, 1.54) is 12.8 Å². The summed E-state index contributed by atoms with van der Waals surface area (Å²) in [6.07, 6.45) is 10.4. The van der Waals surface area contributed by atoms with Crippen LogP contribution in [0.15, 0.2) is 30.9 Å². The summed E-state index contributed by atoms with van der Waals surface area (Å²) >= 11 is 0. The second-order valence-electron chi connectivity index (χ2n) is 5.01. The fourth-order valence-corrected chi connectivity index (χ4v) is 2.55. The second kappa shape index (κ2) is 5.92. The van der Waals surface area contributed by atoms with Crippen LogP contribution in [0.4, 0.5) is 11.8 Å². The van der Waals surface area contributed by atoms with Gasteiger partial charge in [-0.25, -0.2) is 15.0 Å². The Hall–Kier alpha value is -2.08. The van der Waals surface area contributed by atoms with E-state index >= 15 is 0 Å². The molecule has 1 saturated heterocycles. The van der Waals surface area contributed by atoms with Crippen LogP contribution in [0.25, 0.3) is 0 Å². The third-order valence-corrected chi connectivity index (χ3v) is 3.59. The lowest BCUT2D eigenvalue weighted by Crippen LogP contribution is -2.30. The number of likely N-dealkylation sites (tertiary alicyclic amines) is 1. The van der Waals surface area contributed by atoms with E-state index in [0.29, 0.717) is 17.8 Å². The van der Waals surface area contributed by atoms with Crippen LogP contribution in [-0.2, 0) is 0 Å². The van der Waals surface area contributed by atoms with Crippen molar-refractivity contribution in [2.24, 2.45) is 0 Å². The molecule has 20 heavy (non-hydrogen) atoms. The molecule has 1 aliphatic heterocycles. The Morgan fingerprint density at radius 3 is 2.95 bits per heavy atom. The van der Waals surface area contributed by atoms with Gasteiger partial charge < -0.3 is 5.32 Å². The van der Waals surface area contributed by atoms with Crippen molar-refractivity contribution in [2.45, 2.75) is 25.3 Å². The van der Waals surface area contributed by atoms with Gasteiger partial charge in [0.25, 0.3) is 0 Å². The lowest BCUT2D eigenvalue weighted by Gasteiger charge is -2.31. The van der Waals surface area contributed by atoms with Gasteiger partial charge in [-0.05, 0) is 32.5 Å². The number of hydrogen-bond donors (Lipinski definition) is 1. The van der Waals surface area contributed by atoms with E-state index < -0.39 is 0 Å².